The van der Waals surface area contributed by atoms with Crippen LogP contribution >= 0.6 is 0 Å². The molecule has 0 radical (unpaired) electrons. The van der Waals surface area contributed by atoms with Gasteiger partial charge in [-0.3, -0.25) is 9.59 Å². The molecular weight excluding hydrogens is 242 g/mol. The van der Waals surface area contributed by atoms with E-state index in [1.54, 1.807) is 18.2 Å². The zero-order valence-corrected chi connectivity index (χ0v) is 10.7. The summed E-state index contributed by atoms with van der Waals surface area (Å²) < 4.78 is 0. The van der Waals surface area contributed by atoms with Gasteiger partial charge in [0.1, 0.15) is 0 Å². The standard InChI is InChI=1S/C15H17NO3/c17-13(10-5-7-16-8-6-10)15(19)9-11-3-1-2-4-12(11)14(15)18/h1-4,10,16,19H,5-9H2. The minimum absolute atomic E-state index is 0.130. The highest BCUT2D eigenvalue weighted by Gasteiger charge is 2.51. The molecule has 1 saturated heterocycles. The monoisotopic (exact) mass is 259 g/mol. The fourth-order valence-corrected chi connectivity index (χ4v) is 3.10. The molecule has 19 heavy (non-hydrogen) atoms. The molecule has 4 heteroatoms. The van der Waals surface area contributed by atoms with Gasteiger partial charge in [0.25, 0.3) is 0 Å². The van der Waals surface area contributed by atoms with E-state index in [0.717, 1.165) is 18.7 Å². The van der Waals surface area contributed by atoms with Crippen molar-refractivity contribution < 1.29 is 14.7 Å². The minimum atomic E-state index is -1.83. The largest absolute Gasteiger partial charge is 0.374 e. The third-order valence-corrected chi connectivity index (χ3v) is 4.20. The van der Waals surface area contributed by atoms with Crippen LogP contribution in [0, 0.1) is 5.92 Å². The molecule has 1 heterocycles. The number of ketones is 2. The SMILES string of the molecule is O=C1c2ccccc2CC1(O)C(=O)C1CCNCC1. The second kappa shape index (κ2) is 4.54. The van der Waals surface area contributed by atoms with Gasteiger partial charge in [0, 0.05) is 17.9 Å². The van der Waals surface area contributed by atoms with Crippen LogP contribution in [0.4, 0.5) is 0 Å². The van der Waals surface area contributed by atoms with E-state index in [9.17, 15) is 14.7 Å². The first kappa shape index (κ1) is 12.5. The molecule has 1 aromatic carbocycles. The first-order chi connectivity index (χ1) is 9.13. The molecule has 4 nitrogen and oxygen atoms in total. The number of nitrogens with one attached hydrogen (secondary N) is 1. The Morgan fingerprint density at radius 1 is 1.26 bits per heavy atom. The van der Waals surface area contributed by atoms with Crippen molar-refractivity contribution in [3.63, 3.8) is 0 Å². The Morgan fingerprint density at radius 2 is 1.95 bits per heavy atom. The van der Waals surface area contributed by atoms with Crippen LogP contribution in [0.3, 0.4) is 0 Å². The van der Waals surface area contributed by atoms with Gasteiger partial charge >= 0.3 is 0 Å². The van der Waals surface area contributed by atoms with Crippen molar-refractivity contribution in [2.24, 2.45) is 5.92 Å². The second-order valence-electron chi connectivity index (χ2n) is 5.41. The third-order valence-electron chi connectivity index (χ3n) is 4.20. The first-order valence-corrected chi connectivity index (χ1v) is 6.73. The molecule has 1 fully saturated rings. The van der Waals surface area contributed by atoms with Crippen LogP contribution in [-0.4, -0.2) is 35.4 Å². The molecule has 0 bridgehead atoms. The predicted octanol–water partition coefficient (Wildman–Crippen LogP) is 0.725. The van der Waals surface area contributed by atoms with E-state index in [1.807, 2.05) is 6.07 Å². The molecular formula is C15H17NO3. The summed E-state index contributed by atoms with van der Waals surface area (Å²) in [6.07, 6.45) is 1.53. The Labute approximate surface area is 111 Å². The van der Waals surface area contributed by atoms with Crippen LogP contribution in [0.1, 0.15) is 28.8 Å². The number of aliphatic hydroxyl groups is 1. The lowest BCUT2D eigenvalue weighted by molar-refractivity contribution is -0.137. The summed E-state index contributed by atoms with van der Waals surface area (Å²) in [5.74, 6) is -0.925. The normalized spacial score (nSPS) is 27.3. The predicted molar refractivity (Wildman–Crippen MR) is 70.0 cm³/mol. The summed E-state index contributed by atoms with van der Waals surface area (Å²) in [6.45, 7) is 1.54. The van der Waals surface area contributed by atoms with Gasteiger partial charge in [0.2, 0.25) is 5.78 Å². The van der Waals surface area contributed by atoms with Crippen molar-refractivity contribution in [2.45, 2.75) is 24.9 Å². The fourth-order valence-electron chi connectivity index (χ4n) is 3.10. The van der Waals surface area contributed by atoms with E-state index in [0.29, 0.717) is 18.4 Å². The number of carbonyl (C=O) groups is 2. The van der Waals surface area contributed by atoms with Crippen LogP contribution < -0.4 is 5.32 Å². The summed E-state index contributed by atoms with van der Waals surface area (Å²) >= 11 is 0. The summed E-state index contributed by atoms with van der Waals surface area (Å²) in [7, 11) is 0. The number of piperidine rings is 1. The highest BCUT2D eigenvalue weighted by atomic mass is 16.3. The molecule has 1 aliphatic heterocycles. The fraction of sp³-hybridized carbons (Fsp3) is 0.467. The first-order valence-electron chi connectivity index (χ1n) is 6.73. The smallest absolute Gasteiger partial charge is 0.202 e. The summed E-state index contributed by atoms with van der Waals surface area (Å²) in [4.78, 5) is 24.8. The molecule has 2 N–H and O–H groups in total. The molecule has 1 unspecified atom stereocenters. The molecule has 100 valence electrons. The third kappa shape index (κ3) is 1.91. The number of hydrogen-bond donors (Lipinski definition) is 2. The van der Waals surface area contributed by atoms with E-state index < -0.39 is 11.4 Å². The van der Waals surface area contributed by atoms with Gasteiger partial charge in [-0.05, 0) is 31.5 Å². The van der Waals surface area contributed by atoms with Crippen molar-refractivity contribution in [1.29, 1.82) is 0 Å². The maximum atomic E-state index is 12.5. The number of Topliss-reactive ketones (excluding diaryl/α,β-unsaturated/α-hetero) is 2. The van der Waals surface area contributed by atoms with E-state index in [2.05, 4.69) is 5.32 Å². The van der Waals surface area contributed by atoms with Crippen LogP contribution in [-0.2, 0) is 11.2 Å². The zero-order valence-electron chi connectivity index (χ0n) is 10.7. The lowest BCUT2D eigenvalue weighted by Gasteiger charge is -2.28. The van der Waals surface area contributed by atoms with Crippen LogP contribution in [0.5, 0.6) is 0 Å². The Kier molecular flexibility index (Phi) is 2.99. The molecule has 0 aromatic heterocycles. The van der Waals surface area contributed by atoms with E-state index in [4.69, 9.17) is 0 Å². The van der Waals surface area contributed by atoms with Gasteiger partial charge < -0.3 is 10.4 Å². The van der Waals surface area contributed by atoms with Gasteiger partial charge in [-0.1, -0.05) is 24.3 Å². The summed E-state index contributed by atoms with van der Waals surface area (Å²) in [5.41, 5.74) is -0.560. The number of benzene rings is 1. The Hall–Kier alpha value is -1.52. The lowest BCUT2D eigenvalue weighted by atomic mass is 9.81. The van der Waals surface area contributed by atoms with Crippen LogP contribution in [0.25, 0.3) is 0 Å². The Balaban J connectivity index is 1.89. The van der Waals surface area contributed by atoms with Gasteiger partial charge in [0.05, 0.1) is 0 Å². The molecule has 1 atom stereocenters. The molecule has 1 aliphatic carbocycles. The topological polar surface area (TPSA) is 66.4 Å². The van der Waals surface area contributed by atoms with Crippen molar-refractivity contribution in [2.75, 3.05) is 13.1 Å². The lowest BCUT2D eigenvalue weighted by Crippen LogP contribution is -2.49. The van der Waals surface area contributed by atoms with E-state index >= 15 is 0 Å². The van der Waals surface area contributed by atoms with Crippen molar-refractivity contribution in [1.82, 2.24) is 5.32 Å². The highest BCUT2D eigenvalue weighted by molar-refractivity contribution is 6.21. The van der Waals surface area contributed by atoms with Gasteiger partial charge in [-0.25, -0.2) is 0 Å². The maximum absolute atomic E-state index is 12.5. The van der Waals surface area contributed by atoms with Gasteiger partial charge in [-0.15, -0.1) is 0 Å². The average Bonchev–Trinajstić information content (AvgIpc) is 2.72. The van der Waals surface area contributed by atoms with Gasteiger partial charge in [-0.2, -0.15) is 0 Å². The van der Waals surface area contributed by atoms with E-state index in [-0.39, 0.29) is 18.1 Å². The Bertz CT molecular complexity index is 534. The van der Waals surface area contributed by atoms with Crippen molar-refractivity contribution in [3.05, 3.63) is 35.4 Å². The van der Waals surface area contributed by atoms with Crippen LogP contribution in [0.2, 0.25) is 0 Å². The van der Waals surface area contributed by atoms with E-state index in [1.165, 1.54) is 0 Å². The molecule has 2 aliphatic rings. The molecule has 0 spiro atoms. The number of hydrogen-bond acceptors (Lipinski definition) is 4. The van der Waals surface area contributed by atoms with Crippen LogP contribution in [0.15, 0.2) is 24.3 Å². The molecule has 0 amide bonds. The summed E-state index contributed by atoms with van der Waals surface area (Å²) in [5, 5.41) is 13.8. The van der Waals surface area contributed by atoms with Crippen molar-refractivity contribution >= 4 is 11.6 Å². The summed E-state index contributed by atoms with van der Waals surface area (Å²) in [6, 6.07) is 7.08. The Morgan fingerprint density at radius 3 is 2.63 bits per heavy atom. The molecule has 1 aromatic rings. The minimum Gasteiger partial charge on any atom is -0.374 e. The highest BCUT2D eigenvalue weighted by Crippen LogP contribution is 2.34. The quantitative estimate of drug-likeness (QED) is 0.768. The maximum Gasteiger partial charge on any atom is 0.202 e. The number of rotatable bonds is 2. The zero-order chi connectivity index (χ0) is 13.5. The number of fused-ring (bicyclic) bond motifs is 1. The number of carbonyl (C=O) groups excluding carboxylic acids is 2. The van der Waals surface area contributed by atoms with Crippen molar-refractivity contribution in [3.8, 4) is 0 Å². The average molecular weight is 259 g/mol. The molecule has 0 saturated carbocycles. The second-order valence-corrected chi connectivity index (χ2v) is 5.41. The molecule has 3 rings (SSSR count). The van der Waals surface area contributed by atoms with Gasteiger partial charge in [0.15, 0.2) is 11.4 Å².